The molecule has 2 aromatic carbocycles. The first kappa shape index (κ1) is 43.1. The van der Waals surface area contributed by atoms with Crippen molar-refractivity contribution in [2.24, 2.45) is 18.4 Å². The number of ketones is 2. The molecule has 6 rings (SSSR count). The number of hydrogen-bond acceptors (Lipinski definition) is 10. The average Bonchev–Trinajstić information content (AvgIpc) is 3.69. The van der Waals surface area contributed by atoms with E-state index in [9.17, 15) is 28.8 Å². The van der Waals surface area contributed by atoms with E-state index in [0.29, 0.717) is 35.8 Å². The molecule has 1 radical (unpaired) electrons. The Bertz CT molecular complexity index is 2630. The van der Waals surface area contributed by atoms with Gasteiger partial charge in [0.05, 0.1) is 10.8 Å². The van der Waals surface area contributed by atoms with E-state index in [0.717, 1.165) is 41.1 Å². The molecule has 11 nitrogen and oxygen atoms in total. The van der Waals surface area contributed by atoms with Crippen LogP contribution in [-0.4, -0.2) is 37.5 Å². The first-order valence-corrected chi connectivity index (χ1v) is 20.1. The van der Waals surface area contributed by atoms with Crippen LogP contribution in [0.2, 0.25) is 10.0 Å². The minimum absolute atomic E-state index is 0.0575. The number of alkyl halides is 1. The van der Waals surface area contributed by atoms with E-state index in [1.807, 2.05) is 31.2 Å². The predicted octanol–water partition coefficient (Wildman–Crippen LogP) is 7.51. The van der Waals surface area contributed by atoms with E-state index in [-0.39, 0.29) is 48.6 Å². The van der Waals surface area contributed by atoms with Crippen LogP contribution < -0.4 is 22.5 Å². The van der Waals surface area contributed by atoms with Gasteiger partial charge >= 0.3 is 36.1 Å². The van der Waals surface area contributed by atoms with Gasteiger partial charge in [-0.2, -0.15) is 0 Å². The van der Waals surface area contributed by atoms with Crippen LogP contribution in [0.15, 0.2) is 72.0 Å². The molecule has 0 aliphatic heterocycles. The van der Waals surface area contributed by atoms with Gasteiger partial charge in [0.15, 0.2) is 0 Å². The van der Waals surface area contributed by atoms with Gasteiger partial charge in [-0.25, -0.2) is 9.59 Å². The summed E-state index contributed by atoms with van der Waals surface area (Å²) in [4.78, 5) is 76.6. The zero-order valence-corrected chi connectivity index (χ0v) is 35.4. The zero-order chi connectivity index (χ0) is 40.0. The number of thiol groups is 1. The van der Waals surface area contributed by atoms with Crippen molar-refractivity contribution in [2.75, 3.05) is 0 Å². The van der Waals surface area contributed by atoms with E-state index in [4.69, 9.17) is 23.2 Å². The van der Waals surface area contributed by atoms with Crippen LogP contribution >= 0.6 is 74.6 Å². The number of carbonyl (C=O) groups excluding carboxylic acids is 2. The number of halogens is 3. The van der Waals surface area contributed by atoms with Gasteiger partial charge in [0.2, 0.25) is 0 Å². The molecule has 0 N–H and O–H groups in total. The number of aryl methyl sites for hydroxylation is 3. The fourth-order valence-corrected chi connectivity index (χ4v) is 9.18. The summed E-state index contributed by atoms with van der Waals surface area (Å²) < 4.78 is 7.95. The molecule has 0 amide bonds. The van der Waals surface area contributed by atoms with Crippen LogP contribution in [0.25, 0.3) is 41.3 Å². The molecule has 0 fully saturated rings. The number of nitrogens with zero attached hydrogens (tertiary/aromatic N) is 5. The van der Waals surface area contributed by atoms with E-state index < -0.39 is 11.4 Å². The fourth-order valence-electron chi connectivity index (χ4n) is 5.65. The number of benzene rings is 2. The first-order valence-electron chi connectivity index (χ1n) is 16.2. The second kappa shape index (κ2) is 18.8. The Balaban J connectivity index is 0.000000225. The number of hydrogen-bond donors (Lipinski definition) is 1. The molecule has 0 bridgehead atoms. The SMILES string of the molecule is CC(=O)CCn1c(=O)c2c(C)c(-c3ccc(Cl)cc3)sc2n(C)c1=O.CC(=O)CCn1c(=O)c2c(CBr)c(-c3ccc(Cl)cc3)sc2n(C)c1=O.[B]=NS. The van der Waals surface area contributed by atoms with Gasteiger partial charge < -0.3 is 0 Å². The predicted molar refractivity (Wildman–Crippen MR) is 229 cm³/mol. The van der Waals surface area contributed by atoms with Crippen LogP contribution in [0, 0.1) is 6.92 Å². The topological polar surface area (TPSA) is 134 Å². The van der Waals surface area contributed by atoms with Gasteiger partial charge in [-0.05, 0) is 67.3 Å². The van der Waals surface area contributed by atoms with Crippen molar-refractivity contribution in [1.82, 2.24) is 18.3 Å². The summed E-state index contributed by atoms with van der Waals surface area (Å²) in [6.45, 7) is 4.96. The van der Waals surface area contributed by atoms with Crippen LogP contribution in [0.1, 0.15) is 37.8 Å². The van der Waals surface area contributed by atoms with Crippen molar-refractivity contribution in [1.29, 1.82) is 0 Å². The fraction of sp³-hybridized carbons (Fsp3) is 0.278. The van der Waals surface area contributed by atoms with Crippen LogP contribution in [-0.2, 0) is 42.1 Å². The molecule has 0 unspecified atom stereocenters. The Morgan fingerprint density at radius 3 is 1.52 bits per heavy atom. The number of fused-ring (bicyclic) bond motifs is 2. The molecule has 0 atom stereocenters. The quantitative estimate of drug-likeness (QED) is 0.0908. The molecular formula is C36H34BBrCl2N5O6S3. The Morgan fingerprint density at radius 2 is 1.11 bits per heavy atom. The summed E-state index contributed by atoms with van der Waals surface area (Å²) >= 11 is 21.4. The van der Waals surface area contributed by atoms with Crippen LogP contribution in [0.3, 0.4) is 0 Å². The Kier molecular flexibility index (Phi) is 15.0. The second-order valence-electron chi connectivity index (χ2n) is 12.1. The molecule has 0 spiro atoms. The standard InChI is InChI=1S/C18H16BrClN2O3S.C18H17ClN2O3S.BHNS/c1-10(23)7-8-22-16(24)14-13(9-19)15(11-3-5-12(20)6-4-11)26-17(14)21(2)18(22)25;1-10(22)8-9-21-16(23)14-11(2)15(12-4-6-13(19)7-5-12)25-17(14)20(3)18(21)24;1-2-3/h3-6H,7-9H2,1-2H3;4-7H,8-9H2,1-3H3;3H. The van der Waals surface area contributed by atoms with E-state index in [1.54, 1.807) is 38.4 Å². The number of Topliss-reactive ketones (excluding diaryl/α,β-unsaturated/α-hetero) is 2. The molecule has 281 valence electrons. The molecule has 0 aliphatic rings. The van der Waals surface area contributed by atoms with Gasteiger partial charge in [0, 0.05) is 65.2 Å². The van der Waals surface area contributed by atoms with Crippen molar-refractivity contribution in [3.8, 4) is 20.9 Å². The molecule has 0 saturated heterocycles. The Morgan fingerprint density at radius 1 is 0.741 bits per heavy atom. The van der Waals surface area contributed by atoms with Crippen LogP contribution in [0.5, 0.6) is 0 Å². The van der Waals surface area contributed by atoms with Gasteiger partial charge in [-0.15, -0.1) is 22.7 Å². The Hall–Kier alpha value is -3.67. The third-order valence-corrected chi connectivity index (χ3v) is 12.2. The van der Waals surface area contributed by atoms with Crippen molar-refractivity contribution >= 4 is 114 Å². The van der Waals surface area contributed by atoms with Crippen LogP contribution in [0.4, 0.5) is 0 Å². The number of thiophene rings is 2. The summed E-state index contributed by atoms with van der Waals surface area (Å²) in [7, 11) is 7.63. The molecule has 4 aromatic heterocycles. The van der Waals surface area contributed by atoms with E-state index in [2.05, 4.69) is 40.7 Å². The third-order valence-electron chi connectivity index (χ3n) is 8.40. The normalized spacial score (nSPS) is 10.8. The second-order valence-corrected chi connectivity index (χ2v) is 15.8. The minimum atomic E-state index is -0.409. The monoisotopic (exact) mass is 888 g/mol. The maximum absolute atomic E-state index is 13.0. The Labute approximate surface area is 342 Å². The molecule has 18 heteroatoms. The summed E-state index contributed by atoms with van der Waals surface area (Å²) in [6, 6.07) is 14.8. The molecule has 6 aromatic rings. The number of aromatic nitrogens is 4. The van der Waals surface area contributed by atoms with Gasteiger partial charge in [-0.3, -0.25) is 37.4 Å². The zero-order valence-electron chi connectivity index (χ0n) is 29.8. The summed E-state index contributed by atoms with van der Waals surface area (Å²) in [5.74, 6) is -0.120. The van der Waals surface area contributed by atoms with Gasteiger partial charge in [-0.1, -0.05) is 63.4 Å². The number of carbonyl (C=O) groups is 2. The van der Waals surface area contributed by atoms with Crippen molar-refractivity contribution < 1.29 is 9.59 Å². The average molecular weight is 891 g/mol. The first-order chi connectivity index (χ1) is 25.6. The molecule has 4 heterocycles. The maximum atomic E-state index is 13.0. The molecule has 0 aliphatic carbocycles. The molecule has 0 saturated carbocycles. The summed E-state index contributed by atoms with van der Waals surface area (Å²) in [5, 5.41) is 2.80. The van der Waals surface area contributed by atoms with Crippen molar-refractivity contribution in [3.05, 3.63) is 111 Å². The molecule has 54 heavy (non-hydrogen) atoms. The summed E-state index contributed by atoms with van der Waals surface area (Å²) in [6.07, 6.45) is 0.312. The van der Waals surface area contributed by atoms with E-state index in [1.165, 1.54) is 45.7 Å². The third kappa shape index (κ3) is 9.23. The van der Waals surface area contributed by atoms with Crippen molar-refractivity contribution in [2.45, 2.75) is 52.0 Å². The summed E-state index contributed by atoms with van der Waals surface area (Å²) in [5.41, 5.74) is 2.06. The number of rotatable bonds is 9. The van der Waals surface area contributed by atoms with E-state index >= 15 is 0 Å². The van der Waals surface area contributed by atoms with Gasteiger partial charge in [0.25, 0.3) is 11.1 Å². The molecular weight excluding hydrogens is 856 g/mol. The van der Waals surface area contributed by atoms with Gasteiger partial charge in [0.1, 0.15) is 21.2 Å². The van der Waals surface area contributed by atoms with Crippen molar-refractivity contribution in [3.63, 3.8) is 0 Å².